The zero-order valence-electron chi connectivity index (χ0n) is 17.7. The molecule has 0 radical (unpaired) electrons. The van der Waals surface area contributed by atoms with Crippen LogP contribution in [0.4, 0.5) is 16.2 Å². The van der Waals surface area contributed by atoms with Crippen molar-refractivity contribution in [2.75, 3.05) is 37.5 Å². The summed E-state index contributed by atoms with van der Waals surface area (Å²) < 4.78 is 10.5. The Hall–Kier alpha value is -3.75. The van der Waals surface area contributed by atoms with Gasteiger partial charge < -0.3 is 25.4 Å². The molecular weight excluding hydrogens is 400 g/mol. The summed E-state index contributed by atoms with van der Waals surface area (Å²) in [6, 6.07) is 11.3. The van der Waals surface area contributed by atoms with E-state index in [-0.39, 0.29) is 18.4 Å². The molecule has 0 saturated heterocycles. The Labute approximate surface area is 180 Å². The van der Waals surface area contributed by atoms with Crippen LogP contribution in [0.15, 0.2) is 42.5 Å². The van der Waals surface area contributed by atoms with Gasteiger partial charge in [0.1, 0.15) is 12.6 Å². The number of methoxy groups -OCH3 is 2. The summed E-state index contributed by atoms with van der Waals surface area (Å²) in [6.45, 7) is 1.87. The summed E-state index contributed by atoms with van der Waals surface area (Å²) in [5, 5.41) is 8.18. The molecule has 31 heavy (non-hydrogen) atoms. The number of rotatable bonds is 7. The fourth-order valence-electron chi connectivity index (χ4n) is 3.26. The SMILES string of the molecule is COc1ccc(CCNC(=O)[C@@H](C)NC(=O)N2CC(=O)Nc3ccccc32)cc1OC. The zero-order valence-corrected chi connectivity index (χ0v) is 17.7. The maximum absolute atomic E-state index is 12.7. The molecular formula is C22H26N4O5. The van der Waals surface area contributed by atoms with Gasteiger partial charge in [0.2, 0.25) is 11.8 Å². The van der Waals surface area contributed by atoms with Crippen LogP contribution in [0.5, 0.6) is 11.5 Å². The first-order valence-corrected chi connectivity index (χ1v) is 9.88. The number of carbonyl (C=O) groups is 3. The van der Waals surface area contributed by atoms with Gasteiger partial charge in [0.15, 0.2) is 11.5 Å². The van der Waals surface area contributed by atoms with Crippen LogP contribution in [0.2, 0.25) is 0 Å². The summed E-state index contributed by atoms with van der Waals surface area (Å²) in [5.74, 6) is 0.654. The monoisotopic (exact) mass is 426 g/mol. The minimum atomic E-state index is -0.768. The lowest BCUT2D eigenvalue weighted by atomic mass is 10.1. The molecule has 0 aromatic heterocycles. The molecule has 3 rings (SSSR count). The average Bonchev–Trinajstić information content (AvgIpc) is 2.78. The lowest BCUT2D eigenvalue weighted by molar-refractivity contribution is -0.122. The van der Waals surface area contributed by atoms with Gasteiger partial charge in [-0.3, -0.25) is 14.5 Å². The second-order valence-electron chi connectivity index (χ2n) is 7.05. The molecule has 1 aliphatic rings. The van der Waals surface area contributed by atoms with Crippen LogP contribution in [0.1, 0.15) is 12.5 Å². The van der Waals surface area contributed by atoms with Gasteiger partial charge >= 0.3 is 6.03 Å². The molecule has 9 nitrogen and oxygen atoms in total. The molecule has 3 N–H and O–H groups in total. The summed E-state index contributed by atoms with van der Waals surface area (Å²) in [6.07, 6.45) is 0.590. The molecule has 0 saturated carbocycles. The minimum absolute atomic E-state index is 0.115. The van der Waals surface area contributed by atoms with E-state index in [0.717, 1.165) is 5.56 Å². The third-order valence-corrected chi connectivity index (χ3v) is 4.91. The topological polar surface area (TPSA) is 109 Å². The maximum atomic E-state index is 12.7. The van der Waals surface area contributed by atoms with E-state index < -0.39 is 12.1 Å². The Bertz CT molecular complexity index is 978. The normalized spacial score (nSPS) is 13.5. The molecule has 164 valence electrons. The van der Waals surface area contributed by atoms with Crippen LogP contribution in [-0.4, -0.2) is 51.2 Å². The second kappa shape index (κ2) is 9.84. The molecule has 1 aliphatic heterocycles. The Morgan fingerprint density at radius 2 is 1.87 bits per heavy atom. The van der Waals surface area contributed by atoms with Crippen LogP contribution >= 0.6 is 0 Å². The number of carbonyl (C=O) groups excluding carboxylic acids is 3. The van der Waals surface area contributed by atoms with Gasteiger partial charge in [0.05, 0.1) is 25.6 Å². The third kappa shape index (κ3) is 5.25. The van der Waals surface area contributed by atoms with E-state index in [4.69, 9.17) is 9.47 Å². The van der Waals surface area contributed by atoms with Crippen molar-refractivity contribution in [2.45, 2.75) is 19.4 Å². The number of nitrogens with one attached hydrogen (secondary N) is 3. The highest BCUT2D eigenvalue weighted by atomic mass is 16.5. The zero-order chi connectivity index (χ0) is 22.4. The number of amides is 4. The summed E-state index contributed by atoms with van der Waals surface area (Å²) in [5.41, 5.74) is 2.12. The quantitative estimate of drug-likeness (QED) is 0.627. The highest BCUT2D eigenvalue weighted by molar-refractivity contribution is 6.10. The number of ether oxygens (including phenoxy) is 2. The van der Waals surface area contributed by atoms with Crippen molar-refractivity contribution >= 4 is 29.2 Å². The Kier molecular flexibility index (Phi) is 6.96. The summed E-state index contributed by atoms with van der Waals surface area (Å²) in [4.78, 5) is 38.3. The van der Waals surface area contributed by atoms with Crippen molar-refractivity contribution in [3.05, 3.63) is 48.0 Å². The predicted octanol–water partition coefficient (Wildman–Crippen LogP) is 1.92. The van der Waals surface area contributed by atoms with Crippen molar-refractivity contribution < 1.29 is 23.9 Å². The number of nitrogens with zero attached hydrogens (tertiary/aromatic N) is 1. The highest BCUT2D eigenvalue weighted by Gasteiger charge is 2.28. The molecule has 0 aliphatic carbocycles. The number of anilines is 2. The van der Waals surface area contributed by atoms with Crippen LogP contribution < -0.4 is 30.3 Å². The van der Waals surface area contributed by atoms with Crippen molar-refractivity contribution in [1.82, 2.24) is 10.6 Å². The molecule has 2 aromatic carbocycles. The average molecular weight is 426 g/mol. The largest absolute Gasteiger partial charge is 0.493 e. The van der Waals surface area contributed by atoms with Gasteiger partial charge in [-0.15, -0.1) is 0 Å². The van der Waals surface area contributed by atoms with E-state index >= 15 is 0 Å². The number of para-hydroxylation sites is 2. The Balaban J connectivity index is 1.53. The molecule has 0 unspecified atom stereocenters. The molecule has 0 fully saturated rings. The first kappa shape index (κ1) is 21.9. The molecule has 1 heterocycles. The van der Waals surface area contributed by atoms with E-state index in [2.05, 4.69) is 16.0 Å². The second-order valence-corrected chi connectivity index (χ2v) is 7.05. The fourth-order valence-corrected chi connectivity index (χ4v) is 3.26. The molecule has 1 atom stereocenters. The lowest BCUT2D eigenvalue weighted by Gasteiger charge is -2.30. The van der Waals surface area contributed by atoms with Crippen molar-refractivity contribution in [1.29, 1.82) is 0 Å². The first-order valence-electron chi connectivity index (χ1n) is 9.88. The molecule has 9 heteroatoms. The van der Waals surface area contributed by atoms with Crippen molar-refractivity contribution in [2.24, 2.45) is 0 Å². The number of fused-ring (bicyclic) bond motifs is 1. The minimum Gasteiger partial charge on any atom is -0.493 e. The molecule has 4 amide bonds. The Morgan fingerprint density at radius 3 is 2.61 bits per heavy atom. The third-order valence-electron chi connectivity index (χ3n) is 4.91. The van der Waals surface area contributed by atoms with Crippen LogP contribution in [0.25, 0.3) is 0 Å². The van der Waals surface area contributed by atoms with Crippen LogP contribution in [0, 0.1) is 0 Å². The van der Waals surface area contributed by atoms with E-state index in [1.165, 1.54) is 4.90 Å². The molecule has 2 aromatic rings. The van der Waals surface area contributed by atoms with Gasteiger partial charge in [-0.05, 0) is 43.2 Å². The van der Waals surface area contributed by atoms with Gasteiger partial charge in [0.25, 0.3) is 0 Å². The standard InChI is InChI=1S/C22H26N4O5/c1-14(21(28)23-11-10-15-8-9-18(30-2)19(12-15)31-3)24-22(29)26-13-20(27)25-16-6-4-5-7-17(16)26/h4-9,12,14H,10-11,13H2,1-3H3,(H,23,28)(H,24,29)(H,25,27)/t14-/m1/s1. The number of urea groups is 1. The van der Waals surface area contributed by atoms with Gasteiger partial charge in [-0.1, -0.05) is 18.2 Å². The van der Waals surface area contributed by atoms with E-state index in [0.29, 0.717) is 35.8 Å². The predicted molar refractivity (Wildman–Crippen MR) is 117 cm³/mol. The molecule has 0 spiro atoms. The van der Waals surface area contributed by atoms with Crippen LogP contribution in [-0.2, 0) is 16.0 Å². The van der Waals surface area contributed by atoms with Crippen molar-refractivity contribution in [3.8, 4) is 11.5 Å². The fraction of sp³-hybridized carbons (Fsp3) is 0.318. The smallest absolute Gasteiger partial charge is 0.323 e. The maximum Gasteiger partial charge on any atom is 0.323 e. The van der Waals surface area contributed by atoms with Gasteiger partial charge in [0, 0.05) is 6.54 Å². The summed E-state index contributed by atoms with van der Waals surface area (Å²) >= 11 is 0. The number of hydrogen-bond acceptors (Lipinski definition) is 5. The Morgan fingerprint density at radius 1 is 1.13 bits per heavy atom. The van der Waals surface area contributed by atoms with Crippen LogP contribution in [0.3, 0.4) is 0 Å². The number of benzene rings is 2. The van der Waals surface area contributed by atoms with Gasteiger partial charge in [-0.2, -0.15) is 0 Å². The first-order chi connectivity index (χ1) is 14.9. The van der Waals surface area contributed by atoms with Gasteiger partial charge in [-0.25, -0.2) is 4.79 Å². The van der Waals surface area contributed by atoms with E-state index in [1.54, 1.807) is 45.4 Å². The summed E-state index contributed by atoms with van der Waals surface area (Å²) in [7, 11) is 3.14. The van der Waals surface area contributed by atoms with E-state index in [9.17, 15) is 14.4 Å². The van der Waals surface area contributed by atoms with Crippen molar-refractivity contribution in [3.63, 3.8) is 0 Å². The number of hydrogen-bond donors (Lipinski definition) is 3. The molecule has 0 bridgehead atoms. The highest BCUT2D eigenvalue weighted by Crippen LogP contribution is 2.29. The van der Waals surface area contributed by atoms with E-state index in [1.807, 2.05) is 18.2 Å². The lowest BCUT2D eigenvalue weighted by Crippen LogP contribution is -2.53.